The van der Waals surface area contributed by atoms with E-state index in [0.29, 0.717) is 17.6 Å². The SMILES string of the molecule is c1ccc(-c2nc(-c3ccc4c(c3)sc3ccccc34)nc(-n3c4ccccc4c4ccc5c6ccccc6n(-c6ccccc6-c6ccccc6-c6ccccc6)c5c43)n2)cc1. The van der Waals surface area contributed by atoms with Crippen LogP contribution in [-0.2, 0) is 0 Å². The van der Waals surface area contributed by atoms with Crippen molar-refractivity contribution < 1.29 is 0 Å². The molecule has 0 radical (unpaired) electrons. The van der Waals surface area contributed by atoms with Crippen LogP contribution >= 0.6 is 11.3 Å². The van der Waals surface area contributed by atoms with Crippen LogP contribution in [0.3, 0.4) is 0 Å². The molecule has 0 N–H and O–H groups in total. The molecule has 0 saturated heterocycles. The molecule has 4 heterocycles. The van der Waals surface area contributed by atoms with E-state index in [4.69, 9.17) is 15.0 Å². The highest BCUT2D eigenvalue weighted by atomic mass is 32.1. The number of aromatic nitrogens is 5. The van der Waals surface area contributed by atoms with E-state index in [1.807, 2.05) is 18.2 Å². The Morgan fingerprint density at radius 3 is 1.56 bits per heavy atom. The zero-order valence-electron chi connectivity index (χ0n) is 33.9. The van der Waals surface area contributed by atoms with Crippen LogP contribution in [0.5, 0.6) is 0 Å². The fourth-order valence-corrected chi connectivity index (χ4v) is 10.8. The van der Waals surface area contributed by atoms with E-state index in [-0.39, 0.29) is 0 Å². The summed E-state index contributed by atoms with van der Waals surface area (Å²) >= 11 is 1.80. The Bertz CT molecular complexity index is 3920. The van der Waals surface area contributed by atoms with E-state index in [0.717, 1.165) is 60.6 Å². The zero-order valence-corrected chi connectivity index (χ0v) is 34.7. The molecule has 6 heteroatoms. The van der Waals surface area contributed by atoms with E-state index in [2.05, 4.69) is 203 Å². The molecule has 0 aliphatic carbocycles. The van der Waals surface area contributed by atoms with Crippen molar-refractivity contribution in [3.63, 3.8) is 0 Å². The van der Waals surface area contributed by atoms with Crippen LogP contribution in [0.4, 0.5) is 0 Å². The summed E-state index contributed by atoms with van der Waals surface area (Å²) in [5.41, 5.74) is 11.9. The molecule has 0 spiro atoms. The van der Waals surface area contributed by atoms with Gasteiger partial charge in [0.05, 0.1) is 27.8 Å². The lowest BCUT2D eigenvalue weighted by atomic mass is 9.93. The second kappa shape index (κ2) is 14.2. The summed E-state index contributed by atoms with van der Waals surface area (Å²) in [6, 6.07) is 75.7. The van der Waals surface area contributed by atoms with Gasteiger partial charge in [0.1, 0.15) is 0 Å². The predicted octanol–water partition coefficient (Wildman–Crippen LogP) is 15.1. The minimum Gasteiger partial charge on any atom is -0.307 e. The molecule has 0 aliphatic heterocycles. The third kappa shape index (κ3) is 5.59. The number of hydrogen-bond acceptors (Lipinski definition) is 4. The van der Waals surface area contributed by atoms with E-state index in [1.165, 1.54) is 42.2 Å². The van der Waals surface area contributed by atoms with Gasteiger partial charge in [-0.3, -0.25) is 4.57 Å². The van der Waals surface area contributed by atoms with Gasteiger partial charge < -0.3 is 4.57 Å². The fourth-order valence-electron chi connectivity index (χ4n) is 9.62. The molecular formula is C57H35N5S. The molecular weight excluding hydrogens is 787 g/mol. The van der Waals surface area contributed by atoms with Crippen molar-refractivity contribution in [2.24, 2.45) is 0 Å². The van der Waals surface area contributed by atoms with Crippen molar-refractivity contribution in [1.29, 1.82) is 0 Å². The molecule has 0 unspecified atom stereocenters. The zero-order chi connectivity index (χ0) is 41.4. The standard InChI is InChI=1S/C57H35N5S/c1-3-17-36(18-4-1)39-21-7-8-22-40(39)41-23-9-13-27-48(41)61-49-28-14-10-24-42(49)46-33-34-47-43-25-11-15-29-50(43)62(54(47)53(46)61)57-59-55(37-19-5-2-6-20-37)58-56(60-57)38-31-32-45-44-26-12-16-30-51(44)63-52(45)35-38/h1-35H. The van der Waals surface area contributed by atoms with Crippen LogP contribution in [0.2, 0.25) is 0 Å². The number of para-hydroxylation sites is 3. The van der Waals surface area contributed by atoms with Crippen molar-refractivity contribution >= 4 is 75.1 Å². The second-order valence-electron chi connectivity index (χ2n) is 15.9. The van der Waals surface area contributed by atoms with Gasteiger partial charge in [-0.15, -0.1) is 11.3 Å². The molecule has 13 rings (SSSR count). The number of thiophene rings is 1. The van der Waals surface area contributed by atoms with Gasteiger partial charge in [-0.2, -0.15) is 9.97 Å². The highest BCUT2D eigenvalue weighted by molar-refractivity contribution is 7.25. The minimum atomic E-state index is 0.563. The van der Waals surface area contributed by atoms with Gasteiger partial charge in [-0.1, -0.05) is 182 Å². The molecule has 0 bridgehead atoms. The summed E-state index contributed by atoms with van der Waals surface area (Å²) in [6.45, 7) is 0. The maximum Gasteiger partial charge on any atom is 0.238 e. The fraction of sp³-hybridized carbons (Fsp3) is 0. The van der Waals surface area contributed by atoms with Gasteiger partial charge in [0.2, 0.25) is 5.95 Å². The first-order valence-electron chi connectivity index (χ1n) is 21.2. The van der Waals surface area contributed by atoms with E-state index < -0.39 is 0 Å². The molecule has 63 heavy (non-hydrogen) atoms. The lowest BCUT2D eigenvalue weighted by Crippen LogP contribution is -2.07. The van der Waals surface area contributed by atoms with Crippen LogP contribution in [-0.4, -0.2) is 24.1 Å². The van der Waals surface area contributed by atoms with Gasteiger partial charge in [0.15, 0.2) is 11.6 Å². The van der Waals surface area contributed by atoms with Crippen LogP contribution < -0.4 is 0 Å². The lowest BCUT2D eigenvalue weighted by Gasteiger charge is -2.18. The Morgan fingerprint density at radius 2 is 0.825 bits per heavy atom. The number of benzene rings is 9. The molecule has 0 fully saturated rings. The first-order valence-corrected chi connectivity index (χ1v) is 22.0. The molecule has 0 atom stereocenters. The Morgan fingerprint density at radius 1 is 0.317 bits per heavy atom. The number of nitrogens with zero attached hydrogens (tertiary/aromatic N) is 5. The van der Waals surface area contributed by atoms with Crippen LogP contribution in [0.1, 0.15) is 0 Å². The highest BCUT2D eigenvalue weighted by Gasteiger charge is 2.25. The molecule has 0 saturated carbocycles. The summed E-state index contributed by atoms with van der Waals surface area (Å²) in [7, 11) is 0. The largest absolute Gasteiger partial charge is 0.307 e. The van der Waals surface area contributed by atoms with Gasteiger partial charge in [-0.25, -0.2) is 4.98 Å². The Kier molecular flexibility index (Phi) is 8.01. The predicted molar refractivity (Wildman–Crippen MR) is 263 cm³/mol. The van der Waals surface area contributed by atoms with E-state index in [1.54, 1.807) is 11.3 Å². The minimum absolute atomic E-state index is 0.563. The molecule has 294 valence electrons. The molecule has 0 amide bonds. The maximum absolute atomic E-state index is 5.44. The summed E-state index contributed by atoms with van der Waals surface area (Å²) < 4.78 is 7.21. The topological polar surface area (TPSA) is 48.5 Å². The first kappa shape index (κ1) is 35.6. The lowest BCUT2D eigenvalue weighted by molar-refractivity contribution is 0.953. The van der Waals surface area contributed by atoms with Crippen molar-refractivity contribution in [3.05, 3.63) is 212 Å². The summed E-state index contributed by atoms with van der Waals surface area (Å²) in [5.74, 6) is 1.81. The number of rotatable bonds is 6. The van der Waals surface area contributed by atoms with Gasteiger partial charge in [0, 0.05) is 58.4 Å². The summed E-state index contributed by atoms with van der Waals surface area (Å²) in [5, 5.41) is 7.08. The van der Waals surface area contributed by atoms with Crippen molar-refractivity contribution in [3.8, 4) is 56.7 Å². The van der Waals surface area contributed by atoms with E-state index >= 15 is 0 Å². The Labute approximate surface area is 366 Å². The quantitative estimate of drug-likeness (QED) is 0.168. The third-order valence-corrected chi connectivity index (χ3v) is 13.5. The van der Waals surface area contributed by atoms with Crippen molar-refractivity contribution in [2.45, 2.75) is 0 Å². The van der Waals surface area contributed by atoms with Gasteiger partial charge in [0.25, 0.3) is 0 Å². The Hall–Kier alpha value is -8.19. The molecule has 4 aromatic heterocycles. The van der Waals surface area contributed by atoms with Crippen LogP contribution in [0, 0.1) is 0 Å². The summed E-state index contributed by atoms with van der Waals surface area (Å²) in [4.78, 5) is 16.0. The monoisotopic (exact) mass is 821 g/mol. The van der Waals surface area contributed by atoms with Crippen molar-refractivity contribution in [2.75, 3.05) is 0 Å². The van der Waals surface area contributed by atoms with E-state index in [9.17, 15) is 0 Å². The number of fused-ring (bicyclic) bond motifs is 10. The van der Waals surface area contributed by atoms with Gasteiger partial charge in [-0.05, 0) is 47.0 Å². The van der Waals surface area contributed by atoms with Crippen LogP contribution in [0.25, 0.3) is 120 Å². The van der Waals surface area contributed by atoms with Gasteiger partial charge >= 0.3 is 0 Å². The maximum atomic E-state index is 5.44. The second-order valence-corrected chi connectivity index (χ2v) is 17.0. The first-order chi connectivity index (χ1) is 31.3. The average Bonchev–Trinajstić information content (AvgIpc) is 4.02. The molecule has 0 aliphatic rings. The normalized spacial score (nSPS) is 11.8. The molecule has 13 aromatic rings. The van der Waals surface area contributed by atoms with Crippen molar-refractivity contribution in [1.82, 2.24) is 24.1 Å². The third-order valence-electron chi connectivity index (χ3n) is 12.4. The summed E-state index contributed by atoms with van der Waals surface area (Å²) in [6.07, 6.45) is 0. The smallest absolute Gasteiger partial charge is 0.238 e. The molecule has 9 aromatic carbocycles. The highest BCUT2D eigenvalue weighted by Crippen LogP contribution is 2.44. The molecule has 5 nitrogen and oxygen atoms in total. The average molecular weight is 822 g/mol. The Balaban J connectivity index is 1.14. The van der Waals surface area contributed by atoms with Crippen LogP contribution in [0.15, 0.2) is 212 Å². The number of hydrogen-bond donors (Lipinski definition) is 0.